The fourth-order valence-corrected chi connectivity index (χ4v) is 3.55. The van der Waals surface area contributed by atoms with Crippen LogP contribution in [0.4, 0.5) is 0 Å². The van der Waals surface area contributed by atoms with E-state index in [4.69, 9.17) is 9.47 Å². The fourth-order valence-electron chi connectivity index (χ4n) is 3.55. The number of nitrogens with zero attached hydrogens (tertiary/aromatic N) is 1. The molecule has 6 nitrogen and oxygen atoms in total. The van der Waals surface area contributed by atoms with E-state index in [1.807, 2.05) is 0 Å². The zero-order chi connectivity index (χ0) is 18.1. The van der Waals surface area contributed by atoms with E-state index in [2.05, 4.69) is 39.6 Å². The summed E-state index contributed by atoms with van der Waals surface area (Å²) in [6.45, 7) is 1.72. The summed E-state index contributed by atoms with van der Waals surface area (Å²) in [4.78, 5) is 20.0. The van der Waals surface area contributed by atoms with Gasteiger partial charge in [0.25, 0.3) is 5.91 Å². The molecule has 0 fully saturated rings. The SMILES string of the molecule is CNC(=O)c1ncc2[nH]c3ccc(C4=CCOCC4)cc3c2c1COC.[HH].[HH]. The van der Waals surface area contributed by atoms with Crippen molar-refractivity contribution in [1.82, 2.24) is 15.3 Å². The number of aromatic nitrogens is 2. The molecule has 6 heteroatoms. The Balaban J connectivity index is 0.00000140. The van der Waals surface area contributed by atoms with Gasteiger partial charge in [-0.3, -0.25) is 4.79 Å². The van der Waals surface area contributed by atoms with Gasteiger partial charge >= 0.3 is 0 Å². The van der Waals surface area contributed by atoms with Gasteiger partial charge in [0.15, 0.2) is 0 Å². The van der Waals surface area contributed by atoms with Crippen molar-refractivity contribution in [1.29, 1.82) is 0 Å². The molecule has 0 unspecified atom stereocenters. The van der Waals surface area contributed by atoms with Crippen LogP contribution < -0.4 is 5.32 Å². The van der Waals surface area contributed by atoms with E-state index in [9.17, 15) is 4.79 Å². The van der Waals surface area contributed by atoms with Crippen molar-refractivity contribution in [2.24, 2.45) is 0 Å². The molecule has 0 saturated heterocycles. The predicted octanol–water partition coefficient (Wildman–Crippen LogP) is 3.52. The van der Waals surface area contributed by atoms with Crippen molar-refractivity contribution in [2.75, 3.05) is 27.4 Å². The molecule has 138 valence electrons. The minimum Gasteiger partial charge on any atom is -0.380 e. The van der Waals surface area contributed by atoms with E-state index in [1.54, 1.807) is 20.4 Å². The Bertz CT molecular complexity index is 1030. The maximum atomic E-state index is 12.3. The summed E-state index contributed by atoms with van der Waals surface area (Å²) in [5.74, 6) is -0.211. The van der Waals surface area contributed by atoms with Crippen LogP contribution in [0.3, 0.4) is 0 Å². The summed E-state index contributed by atoms with van der Waals surface area (Å²) in [6, 6.07) is 6.38. The third kappa shape index (κ3) is 2.77. The van der Waals surface area contributed by atoms with Crippen LogP contribution in [0.5, 0.6) is 0 Å². The number of hydrogen-bond donors (Lipinski definition) is 2. The van der Waals surface area contributed by atoms with Crippen LogP contribution in [0, 0.1) is 0 Å². The zero-order valence-electron chi connectivity index (χ0n) is 14.9. The first-order valence-electron chi connectivity index (χ1n) is 8.64. The lowest BCUT2D eigenvalue weighted by atomic mass is 9.98. The van der Waals surface area contributed by atoms with Gasteiger partial charge in [-0.1, -0.05) is 12.1 Å². The number of nitrogens with one attached hydrogen (secondary N) is 2. The lowest BCUT2D eigenvalue weighted by molar-refractivity contribution is 0.0953. The number of H-pyrrole nitrogens is 1. The first-order valence-corrected chi connectivity index (χ1v) is 8.64. The van der Waals surface area contributed by atoms with Gasteiger partial charge < -0.3 is 19.8 Å². The molecule has 1 aromatic carbocycles. The average Bonchev–Trinajstić information content (AvgIpc) is 3.06. The van der Waals surface area contributed by atoms with Crippen molar-refractivity contribution in [3.63, 3.8) is 0 Å². The third-order valence-corrected chi connectivity index (χ3v) is 4.80. The summed E-state index contributed by atoms with van der Waals surface area (Å²) in [7, 11) is 3.23. The van der Waals surface area contributed by atoms with Gasteiger partial charge in [-0.25, -0.2) is 4.98 Å². The molecule has 1 aliphatic heterocycles. The molecule has 0 bridgehead atoms. The van der Waals surface area contributed by atoms with Crippen molar-refractivity contribution < 1.29 is 17.1 Å². The molecule has 26 heavy (non-hydrogen) atoms. The molecule has 2 N–H and O–H groups in total. The number of pyridine rings is 1. The van der Waals surface area contributed by atoms with E-state index in [1.165, 1.54) is 11.1 Å². The van der Waals surface area contributed by atoms with Crippen LogP contribution in [0.15, 0.2) is 30.5 Å². The maximum absolute atomic E-state index is 12.3. The fraction of sp³-hybridized carbons (Fsp3) is 0.300. The number of methoxy groups -OCH3 is 1. The molecule has 0 saturated carbocycles. The summed E-state index contributed by atoms with van der Waals surface area (Å²) < 4.78 is 10.8. The van der Waals surface area contributed by atoms with E-state index in [-0.39, 0.29) is 8.76 Å². The Kier molecular flexibility index (Phi) is 4.44. The monoisotopic (exact) mass is 355 g/mol. The maximum Gasteiger partial charge on any atom is 0.270 e. The van der Waals surface area contributed by atoms with Gasteiger partial charge in [0.05, 0.1) is 31.5 Å². The van der Waals surface area contributed by atoms with Gasteiger partial charge in [-0.2, -0.15) is 0 Å². The number of benzene rings is 1. The molecule has 4 rings (SSSR count). The van der Waals surface area contributed by atoms with Crippen molar-refractivity contribution in [3.8, 4) is 0 Å². The highest BCUT2D eigenvalue weighted by Gasteiger charge is 2.19. The molecule has 0 atom stereocenters. The van der Waals surface area contributed by atoms with Crippen LogP contribution in [-0.4, -0.2) is 43.2 Å². The number of aromatic amines is 1. The molecule has 2 aromatic heterocycles. The highest BCUT2D eigenvalue weighted by molar-refractivity contribution is 6.12. The van der Waals surface area contributed by atoms with Gasteiger partial charge in [0, 0.05) is 38.9 Å². The van der Waals surface area contributed by atoms with E-state index in [0.717, 1.165) is 40.4 Å². The highest BCUT2D eigenvalue weighted by Crippen LogP contribution is 2.33. The van der Waals surface area contributed by atoms with E-state index >= 15 is 0 Å². The first-order chi connectivity index (χ1) is 12.7. The molecule has 1 amide bonds. The second kappa shape index (κ2) is 6.90. The Morgan fingerprint density at radius 3 is 3.04 bits per heavy atom. The summed E-state index contributed by atoms with van der Waals surface area (Å²) in [6.07, 6.45) is 4.75. The highest BCUT2D eigenvalue weighted by atomic mass is 16.5. The zero-order valence-corrected chi connectivity index (χ0v) is 14.9. The number of fused-ring (bicyclic) bond motifs is 3. The van der Waals surface area contributed by atoms with Crippen LogP contribution in [-0.2, 0) is 16.1 Å². The van der Waals surface area contributed by atoms with Gasteiger partial charge in [0.2, 0.25) is 0 Å². The van der Waals surface area contributed by atoms with E-state index < -0.39 is 0 Å². The number of amides is 1. The van der Waals surface area contributed by atoms with Crippen LogP contribution >= 0.6 is 0 Å². The molecular formula is C20H25N3O3. The molecule has 0 aliphatic carbocycles. The second-order valence-corrected chi connectivity index (χ2v) is 6.33. The molecule has 3 heterocycles. The largest absolute Gasteiger partial charge is 0.380 e. The van der Waals surface area contributed by atoms with Gasteiger partial charge in [-0.05, 0) is 29.7 Å². The number of ether oxygens (including phenoxy) is 2. The van der Waals surface area contributed by atoms with Crippen LogP contribution in [0.1, 0.15) is 30.9 Å². The van der Waals surface area contributed by atoms with Crippen molar-refractivity contribution in [3.05, 3.63) is 47.3 Å². The normalized spacial score (nSPS) is 14.6. The predicted molar refractivity (Wildman–Crippen MR) is 105 cm³/mol. The summed E-state index contributed by atoms with van der Waals surface area (Å²) in [5.41, 5.74) is 5.60. The third-order valence-electron chi connectivity index (χ3n) is 4.80. The van der Waals surface area contributed by atoms with Crippen molar-refractivity contribution in [2.45, 2.75) is 13.0 Å². The van der Waals surface area contributed by atoms with Gasteiger partial charge in [0.1, 0.15) is 5.69 Å². The summed E-state index contributed by atoms with van der Waals surface area (Å²) in [5, 5.41) is 4.72. The average molecular weight is 355 g/mol. The minimum absolute atomic E-state index is 0. The second-order valence-electron chi connectivity index (χ2n) is 6.33. The molecular weight excluding hydrogens is 330 g/mol. The number of hydrogen-bond acceptors (Lipinski definition) is 4. The number of rotatable bonds is 4. The molecule has 1 aliphatic rings. The standard InChI is InChI=1S/C20H21N3O3.2H2/c1-21-20(24)19-15(11-25-2)18-14-9-13(12-5-7-26-8-6-12)3-4-16(14)23-17(18)10-22-19;;/h3-5,9-10,23H,6-8,11H2,1-2H3,(H,21,24);2*1H. The van der Waals surface area contributed by atoms with Crippen molar-refractivity contribution >= 4 is 33.3 Å². The van der Waals surface area contributed by atoms with Crippen LogP contribution in [0.25, 0.3) is 27.4 Å². The Hall–Kier alpha value is -2.70. The molecule has 3 aromatic rings. The number of carbonyl (C=O) groups excluding carboxylic acids is 1. The Morgan fingerprint density at radius 1 is 1.42 bits per heavy atom. The lowest BCUT2D eigenvalue weighted by Crippen LogP contribution is -2.21. The quantitative estimate of drug-likeness (QED) is 0.751. The van der Waals surface area contributed by atoms with E-state index in [0.29, 0.717) is 18.9 Å². The lowest BCUT2D eigenvalue weighted by Gasteiger charge is -2.14. The summed E-state index contributed by atoms with van der Waals surface area (Å²) >= 11 is 0. The Morgan fingerprint density at radius 2 is 2.31 bits per heavy atom. The molecule has 0 radical (unpaired) electrons. The Labute approximate surface area is 154 Å². The smallest absolute Gasteiger partial charge is 0.270 e. The minimum atomic E-state index is -0.211. The first kappa shape index (κ1) is 16.8. The van der Waals surface area contributed by atoms with Gasteiger partial charge in [-0.15, -0.1) is 0 Å². The topological polar surface area (TPSA) is 76.2 Å². The van der Waals surface area contributed by atoms with Crippen LogP contribution in [0.2, 0.25) is 0 Å². The number of carbonyl (C=O) groups is 1. The molecule has 0 spiro atoms.